The largest absolute Gasteiger partial charge is 0.490 e. The van der Waals surface area contributed by atoms with Crippen LogP contribution in [0.1, 0.15) is 68.1 Å². The van der Waals surface area contributed by atoms with Crippen LogP contribution in [0.2, 0.25) is 0 Å². The molecule has 0 spiro atoms. The van der Waals surface area contributed by atoms with Crippen LogP contribution in [0.25, 0.3) is 0 Å². The molecule has 216 valence electrons. The van der Waals surface area contributed by atoms with Gasteiger partial charge >= 0.3 is 0 Å². The van der Waals surface area contributed by atoms with Crippen molar-refractivity contribution in [2.75, 3.05) is 6.61 Å². The molecule has 0 saturated carbocycles. The number of benzene rings is 3. The number of hydrogen-bond donors (Lipinski definition) is 1. The highest BCUT2D eigenvalue weighted by molar-refractivity contribution is 9.10. The molecule has 3 aromatic carbocycles. The molecule has 1 heterocycles. The monoisotopic (exact) mass is 627 g/mol. The number of ketones is 2. The average Bonchev–Trinajstić information content (AvgIpc) is 3.00. The number of hydrogen-bond acceptors (Lipinski definition) is 6. The lowest BCUT2D eigenvalue weighted by atomic mass is 9.71. The predicted molar refractivity (Wildman–Crippen MR) is 165 cm³/mol. The normalized spacial score (nSPS) is 17.0. The molecule has 1 N–H and O–H groups in total. The molecule has 7 heteroatoms. The smallest absolute Gasteiger partial charge is 0.161 e. The summed E-state index contributed by atoms with van der Waals surface area (Å²) in [4.78, 5) is 26.7. The number of dihydropyridines is 1. The van der Waals surface area contributed by atoms with Crippen LogP contribution >= 0.6 is 15.9 Å². The van der Waals surface area contributed by atoms with E-state index in [1.54, 1.807) is 0 Å². The molecule has 0 atom stereocenters. The Labute approximate surface area is 254 Å². The van der Waals surface area contributed by atoms with Crippen LogP contribution < -0.4 is 19.5 Å². The molecule has 0 fully saturated rings. The summed E-state index contributed by atoms with van der Waals surface area (Å²) in [5.74, 6) is 1.78. The molecule has 0 amide bonds. The topological polar surface area (TPSA) is 73.9 Å². The summed E-state index contributed by atoms with van der Waals surface area (Å²) in [6.45, 7) is 3.19. The Morgan fingerprint density at radius 2 is 1.36 bits per heavy atom. The van der Waals surface area contributed by atoms with E-state index in [9.17, 15) is 9.59 Å². The van der Waals surface area contributed by atoms with E-state index >= 15 is 0 Å². The number of halogens is 1. The van der Waals surface area contributed by atoms with Gasteiger partial charge in [0.1, 0.15) is 19.0 Å². The zero-order chi connectivity index (χ0) is 29.1. The molecule has 0 saturated heterocycles. The number of nitrogens with one attached hydrogen (secondary N) is 1. The Hall–Kier alpha value is -3.84. The summed E-state index contributed by atoms with van der Waals surface area (Å²) in [6.07, 6.45) is 4.26. The van der Waals surface area contributed by atoms with Crippen LogP contribution in [-0.2, 0) is 22.8 Å². The Kier molecular flexibility index (Phi) is 8.47. The van der Waals surface area contributed by atoms with Crippen molar-refractivity contribution in [1.82, 2.24) is 5.32 Å². The van der Waals surface area contributed by atoms with Crippen molar-refractivity contribution in [2.24, 2.45) is 0 Å². The second-order valence-corrected chi connectivity index (χ2v) is 11.8. The van der Waals surface area contributed by atoms with Gasteiger partial charge in [-0.3, -0.25) is 9.59 Å². The lowest BCUT2D eigenvalue weighted by Gasteiger charge is -2.37. The van der Waals surface area contributed by atoms with Crippen molar-refractivity contribution in [2.45, 2.75) is 64.6 Å². The van der Waals surface area contributed by atoms with E-state index in [0.717, 1.165) is 69.4 Å². The van der Waals surface area contributed by atoms with Crippen LogP contribution in [-0.4, -0.2) is 18.2 Å². The van der Waals surface area contributed by atoms with Gasteiger partial charge in [0.25, 0.3) is 0 Å². The number of allylic oxidation sites excluding steroid dienone is 4. The molecule has 2 aliphatic carbocycles. The van der Waals surface area contributed by atoms with E-state index in [1.165, 1.54) is 0 Å². The SMILES string of the molecule is CCOc1cc(COc2ccc(Br)cc2C2C3=C(CCCC3=O)NC3=C2C(=O)CCC3)ccc1OCc1ccccc1. The van der Waals surface area contributed by atoms with E-state index in [-0.39, 0.29) is 11.6 Å². The van der Waals surface area contributed by atoms with Crippen molar-refractivity contribution in [3.63, 3.8) is 0 Å². The highest BCUT2D eigenvalue weighted by Crippen LogP contribution is 2.48. The van der Waals surface area contributed by atoms with E-state index in [4.69, 9.17) is 14.2 Å². The molecular formula is C35H34BrNO5. The summed E-state index contributed by atoms with van der Waals surface area (Å²) in [5, 5.41) is 3.49. The van der Waals surface area contributed by atoms with Gasteiger partial charge in [0.15, 0.2) is 23.1 Å². The third-order valence-electron chi connectivity index (χ3n) is 8.01. The number of rotatable bonds is 9. The highest BCUT2D eigenvalue weighted by Gasteiger charge is 2.41. The minimum absolute atomic E-state index is 0.108. The molecule has 0 unspecified atom stereocenters. The maximum Gasteiger partial charge on any atom is 0.161 e. The molecule has 3 aliphatic rings. The van der Waals surface area contributed by atoms with Gasteiger partial charge in [-0.05, 0) is 74.1 Å². The summed E-state index contributed by atoms with van der Waals surface area (Å²) < 4.78 is 19.3. The van der Waals surface area contributed by atoms with Gasteiger partial charge in [-0.2, -0.15) is 0 Å². The van der Waals surface area contributed by atoms with Crippen molar-refractivity contribution in [1.29, 1.82) is 0 Å². The molecule has 6 nitrogen and oxygen atoms in total. The Balaban J connectivity index is 1.29. The average molecular weight is 629 g/mol. The van der Waals surface area contributed by atoms with Gasteiger partial charge in [0, 0.05) is 51.3 Å². The standard InChI is InChI=1S/C35H34BrNO5/c1-2-40-32-18-23(14-16-31(32)42-20-22-8-4-3-5-9-22)21-41-30-17-15-24(36)19-25(30)33-34-26(10-6-12-28(34)38)37-27-11-7-13-29(39)35(27)33/h3-5,8-9,14-19,33,37H,2,6-7,10-13,20-21H2,1H3. The molecule has 3 aromatic rings. The van der Waals surface area contributed by atoms with Gasteiger partial charge < -0.3 is 19.5 Å². The molecule has 0 aromatic heterocycles. The molecular weight excluding hydrogens is 594 g/mol. The summed E-state index contributed by atoms with van der Waals surface area (Å²) in [7, 11) is 0. The summed E-state index contributed by atoms with van der Waals surface area (Å²) in [5.41, 5.74) is 6.20. The Morgan fingerprint density at radius 1 is 0.714 bits per heavy atom. The number of ether oxygens (including phenoxy) is 3. The van der Waals surface area contributed by atoms with Crippen molar-refractivity contribution >= 4 is 27.5 Å². The number of carbonyl (C=O) groups excluding carboxylic acids is 2. The third kappa shape index (κ3) is 5.88. The molecule has 6 rings (SSSR count). The van der Waals surface area contributed by atoms with Gasteiger partial charge in [-0.1, -0.05) is 52.3 Å². The fourth-order valence-corrected chi connectivity index (χ4v) is 6.48. The summed E-state index contributed by atoms with van der Waals surface area (Å²) >= 11 is 3.63. The van der Waals surface area contributed by atoms with Crippen molar-refractivity contribution in [3.05, 3.63) is 110 Å². The van der Waals surface area contributed by atoms with E-state index in [1.807, 2.05) is 73.7 Å². The third-order valence-corrected chi connectivity index (χ3v) is 8.51. The first kappa shape index (κ1) is 28.3. The minimum atomic E-state index is -0.433. The predicted octanol–water partition coefficient (Wildman–Crippen LogP) is 7.71. The quantitative estimate of drug-likeness (QED) is 0.262. The van der Waals surface area contributed by atoms with Gasteiger partial charge in [-0.15, -0.1) is 0 Å². The minimum Gasteiger partial charge on any atom is -0.490 e. The zero-order valence-corrected chi connectivity index (χ0v) is 25.3. The van der Waals surface area contributed by atoms with Crippen LogP contribution in [0.15, 0.2) is 93.7 Å². The summed E-state index contributed by atoms with van der Waals surface area (Å²) in [6, 6.07) is 21.7. The fourth-order valence-electron chi connectivity index (χ4n) is 6.10. The van der Waals surface area contributed by atoms with Crippen molar-refractivity contribution in [3.8, 4) is 17.2 Å². The molecule has 1 aliphatic heterocycles. The second kappa shape index (κ2) is 12.6. The fraction of sp³-hybridized carbons (Fsp3) is 0.314. The first-order valence-electron chi connectivity index (χ1n) is 14.7. The molecule has 42 heavy (non-hydrogen) atoms. The maximum absolute atomic E-state index is 13.3. The maximum atomic E-state index is 13.3. The lowest BCUT2D eigenvalue weighted by Crippen LogP contribution is -2.36. The van der Waals surface area contributed by atoms with Crippen LogP contribution in [0.4, 0.5) is 0 Å². The van der Waals surface area contributed by atoms with Crippen LogP contribution in [0.3, 0.4) is 0 Å². The molecule has 0 radical (unpaired) electrons. The highest BCUT2D eigenvalue weighted by atomic mass is 79.9. The first-order chi connectivity index (χ1) is 20.5. The van der Waals surface area contributed by atoms with Crippen molar-refractivity contribution < 1.29 is 23.8 Å². The van der Waals surface area contributed by atoms with E-state index in [0.29, 0.717) is 49.9 Å². The zero-order valence-electron chi connectivity index (χ0n) is 23.7. The second-order valence-electron chi connectivity index (χ2n) is 10.9. The van der Waals surface area contributed by atoms with E-state index < -0.39 is 5.92 Å². The first-order valence-corrected chi connectivity index (χ1v) is 15.4. The lowest BCUT2D eigenvalue weighted by molar-refractivity contribution is -0.117. The van der Waals surface area contributed by atoms with Gasteiger partial charge in [-0.25, -0.2) is 0 Å². The van der Waals surface area contributed by atoms with Gasteiger partial charge in [0.05, 0.1) is 6.61 Å². The van der Waals surface area contributed by atoms with E-state index in [2.05, 4.69) is 21.2 Å². The Morgan fingerprint density at radius 3 is 2.05 bits per heavy atom. The van der Waals surface area contributed by atoms with Crippen LogP contribution in [0.5, 0.6) is 17.2 Å². The Bertz CT molecular complexity index is 1530. The number of carbonyl (C=O) groups is 2. The molecule has 0 bridgehead atoms. The van der Waals surface area contributed by atoms with Crippen LogP contribution in [0, 0.1) is 0 Å². The van der Waals surface area contributed by atoms with Gasteiger partial charge in [0.2, 0.25) is 0 Å². The number of Topliss-reactive ketones (excluding diaryl/α,β-unsaturated/α-hetero) is 2.